The Labute approximate surface area is 226 Å². The fourth-order valence-electron chi connectivity index (χ4n) is 3.57. The van der Waals surface area contributed by atoms with Gasteiger partial charge in [0.25, 0.3) is 5.56 Å². The van der Waals surface area contributed by atoms with Crippen LogP contribution in [0.4, 0.5) is 0 Å². The molecule has 0 fully saturated rings. The van der Waals surface area contributed by atoms with Gasteiger partial charge in [0.05, 0.1) is 42.7 Å². The first-order chi connectivity index (χ1) is 17.9. The second kappa shape index (κ2) is 15.0. The highest BCUT2D eigenvalue weighted by molar-refractivity contribution is 8.14. The fourth-order valence-corrected chi connectivity index (χ4v) is 4.65. The summed E-state index contributed by atoms with van der Waals surface area (Å²) in [7, 11) is 4.65. The monoisotopic (exact) mass is 543 g/mol. The van der Waals surface area contributed by atoms with E-state index in [2.05, 4.69) is 27.8 Å². The quantitative estimate of drug-likeness (QED) is 0.212. The van der Waals surface area contributed by atoms with Crippen LogP contribution >= 0.6 is 23.4 Å². The normalized spacial score (nSPS) is 10.9. The molecular formula is C27H30ClN3O5S. The number of hydrogen-bond acceptors (Lipinski definition) is 8. The van der Waals surface area contributed by atoms with Crippen molar-refractivity contribution in [1.82, 2.24) is 9.97 Å². The standard InChI is InChI=1S/C25H28ClN3O5S.C2H2/c1-5-34-14-17-20(21-18(32-3)7-6-8-19(21)33-4)23(30)22(24(31)29-17)25(27-2)35-12-11-16-10-9-15(26)13-28-16;1-2/h6-10,13H,5,11-12,14H2,1-4H3,(H2,29,30,31);1-2H. The summed E-state index contributed by atoms with van der Waals surface area (Å²) in [6, 6.07) is 8.94. The van der Waals surface area contributed by atoms with E-state index in [9.17, 15) is 9.90 Å². The highest BCUT2D eigenvalue weighted by Crippen LogP contribution is 2.45. The van der Waals surface area contributed by atoms with Crippen LogP contribution in [0.3, 0.4) is 0 Å². The lowest BCUT2D eigenvalue weighted by Gasteiger charge is -2.19. The number of benzene rings is 1. The fraction of sp³-hybridized carbons (Fsp3) is 0.296. The van der Waals surface area contributed by atoms with Gasteiger partial charge in [0.2, 0.25) is 0 Å². The minimum atomic E-state index is -0.465. The topological polar surface area (TPSA) is 106 Å². The smallest absolute Gasteiger partial charge is 0.262 e. The van der Waals surface area contributed by atoms with Crippen molar-refractivity contribution in [2.45, 2.75) is 20.0 Å². The summed E-state index contributed by atoms with van der Waals surface area (Å²) in [4.78, 5) is 24.6. The number of aryl methyl sites for hydroxylation is 1. The first-order valence-electron chi connectivity index (χ1n) is 11.3. The van der Waals surface area contributed by atoms with Crippen LogP contribution in [0.25, 0.3) is 11.1 Å². The Bertz CT molecular complexity index is 1270. The average Bonchev–Trinajstić information content (AvgIpc) is 2.92. The van der Waals surface area contributed by atoms with Gasteiger partial charge in [0.1, 0.15) is 27.9 Å². The SMILES string of the molecule is C#C.CCOCc1[nH]c(=O)c(C(=NC)SCCc2ccc(Cl)cn2)c(O)c1-c1c(OC)cccc1OC. The Morgan fingerprint density at radius 1 is 1.16 bits per heavy atom. The highest BCUT2D eigenvalue weighted by Gasteiger charge is 2.26. The zero-order valence-electron chi connectivity index (χ0n) is 21.2. The van der Waals surface area contributed by atoms with E-state index in [0.29, 0.717) is 57.2 Å². The largest absolute Gasteiger partial charge is 0.506 e. The van der Waals surface area contributed by atoms with Crippen molar-refractivity contribution in [3.63, 3.8) is 0 Å². The average molecular weight is 544 g/mol. The molecule has 0 bridgehead atoms. The molecule has 0 unspecified atom stereocenters. The molecule has 0 aliphatic heterocycles. The third-order valence-corrected chi connectivity index (χ3v) is 6.49. The molecule has 0 radical (unpaired) electrons. The minimum absolute atomic E-state index is 0.0739. The van der Waals surface area contributed by atoms with Gasteiger partial charge >= 0.3 is 0 Å². The van der Waals surface area contributed by atoms with Crippen molar-refractivity contribution in [3.8, 4) is 41.2 Å². The highest BCUT2D eigenvalue weighted by atomic mass is 35.5. The van der Waals surface area contributed by atoms with Crippen molar-refractivity contribution in [2.75, 3.05) is 33.6 Å². The number of ether oxygens (including phenoxy) is 3. The molecule has 0 saturated heterocycles. The number of H-pyrrole nitrogens is 1. The molecule has 2 heterocycles. The van der Waals surface area contributed by atoms with Crippen LogP contribution in [0, 0.1) is 12.8 Å². The molecule has 196 valence electrons. The lowest BCUT2D eigenvalue weighted by atomic mass is 9.98. The third kappa shape index (κ3) is 7.29. The van der Waals surface area contributed by atoms with Gasteiger partial charge in [-0.15, -0.1) is 24.6 Å². The number of aliphatic imine (C=N–C) groups is 1. The molecule has 1 aromatic carbocycles. The van der Waals surface area contributed by atoms with Gasteiger partial charge < -0.3 is 24.3 Å². The number of nitrogens with one attached hydrogen (secondary N) is 1. The van der Waals surface area contributed by atoms with Gasteiger partial charge in [-0.3, -0.25) is 14.8 Å². The summed E-state index contributed by atoms with van der Waals surface area (Å²) in [5.41, 5.74) is 1.75. The lowest BCUT2D eigenvalue weighted by molar-refractivity contribution is 0.131. The van der Waals surface area contributed by atoms with Crippen LogP contribution in [0.5, 0.6) is 17.2 Å². The Morgan fingerprint density at radius 2 is 1.84 bits per heavy atom. The lowest BCUT2D eigenvalue weighted by Crippen LogP contribution is -2.21. The van der Waals surface area contributed by atoms with Gasteiger partial charge in [-0.05, 0) is 37.6 Å². The maximum Gasteiger partial charge on any atom is 0.262 e. The molecular weight excluding hydrogens is 514 g/mol. The van der Waals surface area contributed by atoms with Crippen molar-refractivity contribution in [3.05, 3.63) is 68.9 Å². The number of hydrogen-bond donors (Lipinski definition) is 2. The van der Waals surface area contributed by atoms with Crippen LogP contribution in [-0.4, -0.2) is 53.7 Å². The van der Waals surface area contributed by atoms with Gasteiger partial charge in [0, 0.05) is 31.3 Å². The second-order valence-electron chi connectivity index (χ2n) is 7.30. The van der Waals surface area contributed by atoms with Crippen molar-refractivity contribution in [1.29, 1.82) is 0 Å². The summed E-state index contributed by atoms with van der Waals surface area (Å²) in [6.07, 6.45) is 10.2. The maximum absolute atomic E-state index is 13.1. The summed E-state index contributed by atoms with van der Waals surface area (Å²) >= 11 is 7.26. The number of terminal acetylenes is 1. The number of pyridine rings is 2. The van der Waals surface area contributed by atoms with E-state index in [4.69, 9.17) is 25.8 Å². The van der Waals surface area contributed by atoms with Gasteiger partial charge in [-0.2, -0.15) is 0 Å². The minimum Gasteiger partial charge on any atom is -0.506 e. The molecule has 3 rings (SSSR count). The van der Waals surface area contributed by atoms with Gasteiger partial charge in [-0.1, -0.05) is 17.7 Å². The number of aromatic amines is 1. The van der Waals surface area contributed by atoms with Gasteiger partial charge in [0.15, 0.2) is 0 Å². The zero-order valence-corrected chi connectivity index (χ0v) is 22.8. The molecule has 0 atom stereocenters. The molecule has 2 aromatic heterocycles. The molecule has 3 aromatic rings. The Morgan fingerprint density at radius 3 is 2.38 bits per heavy atom. The first kappa shape index (κ1) is 29.8. The first-order valence-corrected chi connectivity index (χ1v) is 12.6. The third-order valence-electron chi connectivity index (χ3n) is 5.20. The van der Waals surface area contributed by atoms with E-state index in [1.165, 1.54) is 26.0 Å². The number of aromatic nitrogens is 2. The number of nitrogens with zero attached hydrogens (tertiary/aromatic N) is 2. The van der Waals surface area contributed by atoms with Gasteiger partial charge in [-0.25, -0.2) is 0 Å². The van der Waals surface area contributed by atoms with Crippen LogP contribution in [0.2, 0.25) is 5.02 Å². The van der Waals surface area contributed by atoms with E-state index < -0.39 is 5.56 Å². The van der Waals surface area contributed by atoms with Crippen molar-refractivity contribution >= 4 is 28.4 Å². The molecule has 0 saturated carbocycles. The molecule has 10 heteroatoms. The summed E-state index contributed by atoms with van der Waals surface area (Å²) in [5, 5.41) is 12.5. The van der Waals surface area contributed by atoms with Crippen LogP contribution in [-0.2, 0) is 17.8 Å². The molecule has 0 aliphatic carbocycles. The second-order valence-corrected chi connectivity index (χ2v) is 8.82. The molecule has 0 spiro atoms. The Balaban J connectivity index is 0.00000235. The number of rotatable bonds is 10. The molecule has 2 N–H and O–H groups in total. The van der Waals surface area contributed by atoms with E-state index in [-0.39, 0.29) is 17.9 Å². The van der Waals surface area contributed by atoms with E-state index >= 15 is 0 Å². The van der Waals surface area contributed by atoms with Crippen LogP contribution in [0.1, 0.15) is 23.9 Å². The van der Waals surface area contributed by atoms with Crippen molar-refractivity contribution in [2.24, 2.45) is 4.99 Å². The summed E-state index contributed by atoms with van der Waals surface area (Å²) < 4.78 is 16.7. The number of aromatic hydroxyl groups is 1. The molecule has 37 heavy (non-hydrogen) atoms. The summed E-state index contributed by atoms with van der Waals surface area (Å²) in [5.74, 6) is 1.33. The van der Waals surface area contributed by atoms with Crippen LogP contribution < -0.4 is 15.0 Å². The zero-order chi connectivity index (χ0) is 27.4. The number of thioether (sulfide) groups is 1. The predicted octanol–water partition coefficient (Wildman–Crippen LogP) is 4.95. The number of halogens is 1. The predicted molar refractivity (Wildman–Crippen MR) is 150 cm³/mol. The molecule has 0 aliphatic rings. The van der Waals surface area contributed by atoms with E-state index in [1.807, 2.05) is 13.0 Å². The maximum atomic E-state index is 13.1. The number of methoxy groups -OCH3 is 2. The van der Waals surface area contributed by atoms with E-state index in [1.54, 1.807) is 37.5 Å². The molecule has 8 nitrogen and oxygen atoms in total. The van der Waals surface area contributed by atoms with E-state index in [0.717, 1.165) is 5.69 Å². The van der Waals surface area contributed by atoms with Crippen molar-refractivity contribution < 1.29 is 19.3 Å². The Hall–Kier alpha value is -3.45. The molecule has 0 amide bonds. The summed E-state index contributed by atoms with van der Waals surface area (Å²) in [6.45, 7) is 2.37. The Kier molecular flexibility index (Phi) is 12.0. The van der Waals surface area contributed by atoms with Crippen LogP contribution in [0.15, 0.2) is 46.3 Å².